The quantitative estimate of drug-likeness (QED) is 0.0293. The monoisotopic (exact) mass is 819 g/mol. The van der Waals surface area contributed by atoms with Gasteiger partial charge in [0.15, 0.2) is 0 Å². The number of aliphatic hydroxyl groups is 1. The summed E-state index contributed by atoms with van der Waals surface area (Å²) in [6.07, 6.45) is 3.92. The summed E-state index contributed by atoms with van der Waals surface area (Å²) in [5, 5.41) is 24.6. The van der Waals surface area contributed by atoms with Crippen LogP contribution >= 0.6 is 23.4 Å². The summed E-state index contributed by atoms with van der Waals surface area (Å²) >= 11 is 7.98. The Morgan fingerprint density at radius 2 is 1.37 bits per heavy atom. The van der Waals surface area contributed by atoms with Gasteiger partial charge < -0.3 is 15.5 Å². The number of halogens is 1. The maximum absolute atomic E-state index is 12.9. The molecule has 0 aliphatic carbocycles. The number of aliphatic hydroxyl groups excluding tert-OH is 1. The Morgan fingerprint density at radius 1 is 0.807 bits per heavy atom. The van der Waals surface area contributed by atoms with Gasteiger partial charge in [0.1, 0.15) is 6.04 Å². The topological polar surface area (TPSA) is 103 Å². The molecule has 4 aromatic carbocycles. The van der Waals surface area contributed by atoms with Crippen LogP contribution in [-0.2, 0) is 34.0 Å². The number of aliphatic carboxylic acids is 1. The minimum atomic E-state index is -1.49. The minimum Gasteiger partial charge on any atom is -0.480 e. The molecule has 0 aliphatic heterocycles. The molecule has 3 N–H and O–H groups in total. The molecule has 1 amide bonds. The third-order valence-electron chi connectivity index (χ3n) is 9.79. The molecule has 0 aliphatic rings. The second kappa shape index (κ2) is 21.3. The fourth-order valence-corrected chi connectivity index (χ4v) is 9.61. The van der Waals surface area contributed by atoms with Gasteiger partial charge in [-0.05, 0) is 65.1 Å². The second-order valence-electron chi connectivity index (χ2n) is 15.5. The predicted octanol–water partition coefficient (Wildman–Crippen LogP) is 9.96. The van der Waals surface area contributed by atoms with Crippen LogP contribution in [0.4, 0.5) is 0 Å². The van der Waals surface area contributed by atoms with E-state index in [0.29, 0.717) is 42.3 Å². The van der Waals surface area contributed by atoms with Gasteiger partial charge in [0.2, 0.25) is 5.91 Å². The standard InChI is InChI=1S/C47H54ClN3O4SSi/c1-57(2,3)31-29-44(46(54)55)51(34-36-25-27-40(48)28-26-36)35-42-23-15-22-41(50-42)33-49-45(53)32-43(52)24-13-14-30-56-47(37-16-7-4-8-17-37,38-18-9-5-10-19-38)39-20-11-6-12-21-39/h4-13,15-28,43-44,52H,14,29-35H2,1-3H3,(H,49,53)(H,54,55)/b24-13+/t43-,44?/m1/s1. The zero-order valence-corrected chi connectivity index (χ0v) is 35.6. The van der Waals surface area contributed by atoms with Crippen LogP contribution in [0.25, 0.3) is 0 Å². The van der Waals surface area contributed by atoms with Gasteiger partial charge in [-0.15, -0.1) is 11.8 Å². The van der Waals surface area contributed by atoms with Crippen molar-refractivity contribution in [1.29, 1.82) is 0 Å². The fourth-order valence-electron chi connectivity index (χ4n) is 6.88. The molecule has 1 unspecified atom stereocenters. The van der Waals surface area contributed by atoms with Gasteiger partial charge in [-0.3, -0.25) is 19.5 Å². The van der Waals surface area contributed by atoms with Crippen LogP contribution < -0.4 is 5.32 Å². The van der Waals surface area contributed by atoms with Crippen molar-refractivity contribution in [3.63, 3.8) is 0 Å². The van der Waals surface area contributed by atoms with E-state index in [1.54, 1.807) is 6.08 Å². The van der Waals surface area contributed by atoms with E-state index in [-0.39, 0.29) is 18.9 Å². The molecule has 5 aromatic rings. The molecular weight excluding hydrogens is 766 g/mol. The second-order valence-corrected chi connectivity index (χ2v) is 22.9. The Hall–Kier alpha value is -4.51. The lowest BCUT2D eigenvalue weighted by Gasteiger charge is -2.35. The van der Waals surface area contributed by atoms with Crippen molar-refractivity contribution < 1.29 is 19.8 Å². The summed E-state index contributed by atoms with van der Waals surface area (Å²) < 4.78 is -0.415. The lowest BCUT2D eigenvalue weighted by atomic mass is 9.84. The Balaban J connectivity index is 1.17. The van der Waals surface area contributed by atoms with E-state index in [2.05, 4.69) is 97.8 Å². The van der Waals surface area contributed by atoms with Gasteiger partial charge in [0.05, 0.1) is 35.2 Å². The highest BCUT2D eigenvalue weighted by Crippen LogP contribution is 2.48. The number of nitrogens with one attached hydrogen (secondary N) is 1. The largest absolute Gasteiger partial charge is 0.480 e. The molecule has 0 spiro atoms. The Bertz CT molecular complexity index is 1930. The lowest BCUT2D eigenvalue weighted by Crippen LogP contribution is -2.41. The number of nitrogens with zero attached hydrogens (tertiary/aromatic N) is 2. The molecule has 0 bridgehead atoms. The van der Waals surface area contributed by atoms with Gasteiger partial charge in [-0.25, -0.2) is 0 Å². The predicted molar refractivity (Wildman–Crippen MR) is 237 cm³/mol. The van der Waals surface area contributed by atoms with E-state index in [4.69, 9.17) is 16.6 Å². The van der Waals surface area contributed by atoms with Gasteiger partial charge in [-0.1, -0.05) is 159 Å². The van der Waals surface area contributed by atoms with Crippen molar-refractivity contribution in [2.45, 2.75) is 81.5 Å². The number of carboxylic acids is 1. The highest BCUT2D eigenvalue weighted by Gasteiger charge is 2.36. The molecule has 57 heavy (non-hydrogen) atoms. The third kappa shape index (κ3) is 13.3. The molecule has 0 saturated carbocycles. The number of hydrogen-bond donors (Lipinski definition) is 3. The number of pyridine rings is 1. The van der Waals surface area contributed by atoms with Crippen LogP contribution in [0.3, 0.4) is 0 Å². The lowest BCUT2D eigenvalue weighted by molar-refractivity contribution is -0.144. The molecule has 0 saturated heterocycles. The minimum absolute atomic E-state index is 0.0719. The first-order valence-electron chi connectivity index (χ1n) is 19.5. The van der Waals surface area contributed by atoms with Crippen LogP contribution in [0.1, 0.15) is 52.9 Å². The molecule has 0 fully saturated rings. The van der Waals surface area contributed by atoms with Crippen molar-refractivity contribution >= 4 is 43.3 Å². The average molecular weight is 821 g/mol. The normalized spacial score (nSPS) is 13.1. The first-order valence-corrected chi connectivity index (χ1v) is 24.6. The SMILES string of the molecule is C[Si](C)(C)CCC(C(=O)O)N(Cc1ccc(Cl)cc1)Cc1cccc(CNC(=O)C[C@H](O)/C=C/CCSC(c2ccccc2)(c2ccccc2)c2ccccc2)n1. The van der Waals surface area contributed by atoms with E-state index in [1.807, 2.05) is 83.4 Å². The van der Waals surface area contributed by atoms with Gasteiger partial charge in [0.25, 0.3) is 0 Å². The van der Waals surface area contributed by atoms with Gasteiger partial charge in [0, 0.05) is 26.2 Å². The molecule has 5 rings (SSSR count). The fraction of sp³-hybridized carbons (Fsp3) is 0.298. The number of carboxylic acid groups (broad SMARTS) is 1. The molecule has 7 nitrogen and oxygen atoms in total. The maximum atomic E-state index is 12.9. The van der Waals surface area contributed by atoms with E-state index < -0.39 is 30.9 Å². The molecule has 10 heteroatoms. The Morgan fingerprint density at radius 3 is 1.91 bits per heavy atom. The van der Waals surface area contributed by atoms with E-state index >= 15 is 0 Å². The summed E-state index contributed by atoms with van der Waals surface area (Å²) in [6, 6.07) is 44.9. The molecule has 1 heterocycles. The van der Waals surface area contributed by atoms with E-state index in [1.165, 1.54) is 16.7 Å². The molecule has 0 radical (unpaired) electrons. The summed E-state index contributed by atoms with van der Waals surface area (Å²) in [5.74, 6) is -0.345. The average Bonchev–Trinajstić information content (AvgIpc) is 3.20. The van der Waals surface area contributed by atoms with Crippen molar-refractivity contribution in [3.8, 4) is 0 Å². The number of hydrogen-bond acceptors (Lipinski definition) is 6. The highest BCUT2D eigenvalue weighted by molar-refractivity contribution is 8.00. The molecular formula is C47H54ClN3O4SSi. The van der Waals surface area contributed by atoms with Crippen LogP contribution in [-0.4, -0.2) is 57.9 Å². The first-order chi connectivity index (χ1) is 27.4. The number of carbonyl (C=O) groups is 2. The number of benzene rings is 4. The smallest absolute Gasteiger partial charge is 0.320 e. The van der Waals surface area contributed by atoms with Crippen molar-refractivity contribution in [3.05, 3.63) is 184 Å². The van der Waals surface area contributed by atoms with Gasteiger partial charge >= 0.3 is 5.97 Å². The van der Waals surface area contributed by atoms with E-state index in [0.717, 1.165) is 17.4 Å². The number of amides is 1. The highest BCUT2D eigenvalue weighted by atomic mass is 35.5. The van der Waals surface area contributed by atoms with Crippen molar-refractivity contribution in [1.82, 2.24) is 15.2 Å². The van der Waals surface area contributed by atoms with Crippen molar-refractivity contribution in [2.75, 3.05) is 5.75 Å². The Labute approximate surface area is 348 Å². The zero-order valence-electron chi connectivity index (χ0n) is 33.1. The van der Waals surface area contributed by atoms with Crippen LogP contribution in [0.2, 0.25) is 30.7 Å². The summed E-state index contributed by atoms with van der Waals surface area (Å²) in [6.45, 7) is 7.70. The zero-order chi connectivity index (χ0) is 40.7. The first kappa shape index (κ1) is 43.6. The van der Waals surface area contributed by atoms with Crippen LogP contribution in [0, 0.1) is 0 Å². The number of allylic oxidation sites excluding steroid dienone is 1. The Kier molecular flexibility index (Phi) is 16.3. The number of rotatable bonds is 21. The molecule has 2 atom stereocenters. The third-order valence-corrected chi connectivity index (χ3v) is 13.4. The summed E-state index contributed by atoms with van der Waals surface area (Å²) in [4.78, 5) is 32.2. The maximum Gasteiger partial charge on any atom is 0.320 e. The van der Waals surface area contributed by atoms with E-state index in [9.17, 15) is 19.8 Å². The number of thioether (sulfide) groups is 1. The summed E-state index contributed by atoms with van der Waals surface area (Å²) in [7, 11) is -1.49. The van der Waals surface area contributed by atoms with Crippen LogP contribution in [0.15, 0.2) is 146 Å². The molecule has 298 valence electrons. The van der Waals surface area contributed by atoms with Crippen molar-refractivity contribution in [2.24, 2.45) is 0 Å². The summed E-state index contributed by atoms with van der Waals surface area (Å²) in [5.41, 5.74) is 5.93. The number of carbonyl (C=O) groups excluding carboxylic acids is 1. The number of aromatic nitrogens is 1. The van der Waals surface area contributed by atoms with Crippen LogP contribution in [0.5, 0.6) is 0 Å². The van der Waals surface area contributed by atoms with Gasteiger partial charge in [-0.2, -0.15) is 0 Å². The molecule has 1 aromatic heterocycles.